The number of carbonyl (C=O) groups is 2. The lowest BCUT2D eigenvalue weighted by atomic mass is 9.97. The van der Waals surface area contributed by atoms with Crippen LogP contribution in [0.4, 0.5) is 0 Å². The highest BCUT2D eigenvalue weighted by Gasteiger charge is 2.26. The molecule has 0 unspecified atom stereocenters. The van der Waals surface area contributed by atoms with Gasteiger partial charge in [0.2, 0.25) is 5.78 Å². The number of hydrogen-bond acceptors (Lipinski definition) is 5. The van der Waals surface area contributed by atoms with Gasteiger partial charge in [0.25, 0.3) is 0 Å². The smallest absolute Gasteiger partial charge is 0.228 e. The molecule has 0 radical (unpaired) electrons. The third kappa shape index (κ3) is 3.03. The molecule has 1 aromatic carbocycles. The Morgan fingerprint density at radius 3 is 2.83 bits per heavy atom. The van der Waals surface area contributed by atoms with Gasteiger partial charge in [-0.2, -0.15) is 0 Å². The first kappa shape index (κ1) is 16.2. The van der Waals surface area contributed by atoms with E-state index in [1.165, 1.54) is 12.3 Å². The monoisotopic (exact) mass is 342 g/mol. The number of hydrogen-bond donors (Lipinski definition) is 2. The van der Waals surface area contributed by atoms with Crippen LogP contribution >= 0.6 is 11.6 Å². The third-order valence-electron chi connectivity index (χ3n) is 3.85. The van der Waals surface area contributed by atoms with E-state index in [0.717, 1.165) is 5.56 Å². The predicted molar refractivity (Wildman–Crippen MR) is 90.5 cm³/mol. The molecule has 1 aliphatic carbocycles. The van der Waals surface area contributed by atoms with E-state index in [4.69, 9.17) is 11.6 Å². The molecule has 1 aromatic heterocycles. The van der Waals surface area contributed by atoms with E-state index >= 15 is 0 Å². The van der Waals surface area contributed by atoms with Gasteiger partial charge in [0.15, 0.2) is 5.78 Å². The molecule has 3 rings (SSSR count). The lowest BCUT2D eigenvalue weighted by Gasteiger charge is -2.15. The fourth-order valence-corrected chi connectivity index (χ4v) is 2.90. The molecule has 0 spiro atoms. The average Bonchev–Trinajstić information content (AvgIpc) is 2.57. The number of phenols is 1. The fourth-order valence-electron chi connectivity index (χ4n) is 2.61. The van der Waals surface area contributed by atoms with Gasteiger partial charge in [0.1, 0.15) is 11.4 Å². The number of ketones is 2. The molecule has 0 saturated carbocycles. The Kier molecular flexibility index (Phi) is 4.36. The normalized spacial score (nSPS) is 13.5. The van der Waals surface area contributed by atoms with Crippen molar-refractivity contribution in [3.05, 3.63) is 69.6 Å². The van der Waals surface area contributed by atoms with Gasteiger partial charge < -0.3 is 10.4 Å². The number of nitrogens with zero attached hydrogens (tertiary/aromatic N) is 1. The molecule has 1 aliphatic rings. The number of benzene rings is 1. The van der Waals surface area contributed by atoms with Crippen molar-refractivity contribution in [1.29, 1.82) is 0 Å². The number of halogens is 1. The first-order valence-corrected chi connectivity index (χ1v) is 7.83. The molecule has 0 saturated heterocycles. The summed E-state index contributed by atoms with van der Waals surface area (Å²) in [6.45, 7) is 2.22. The van der Waals surface area contributed by atoms with Crippen LogP contribution < -0.4 is 5.32 Å². The van der Waals surface area contributed by atoms with E-state index in [9.17, 15) is 14.7 Å². The highest BCUT2D eigenvalue weighted by molar-refractivity contribution is 6.32. The maximum Gasteiger partial charge on any atom is 0.228 e. The van der Waals surface area contributed by atoms with Crippen molar-refractivity contribution in [2.24, 2.45) is 0 Å². The van der Waals surface area contributed by atoms with Crippen LogP contribution in [0.1, 0.15) is 32.0 Å². The number of rotatable bonds is 4. The van der Waals surface area contributed by atoms with Crippen LogP contribution in [0.3, 0.4) is 0 Å². The minimum atomic E-state index is -0.287. The van der Waals surface area contributed by atoms with E-state index in [1.807, 2.05) is 6.07 Å². The van der Waals surface area contributed by atoms with Crippen LogP contribution in [0.25, 0.3) is 0 Å². The van der Waals surface area contributed by atoms with Crippen molar-refractivity contribution in [2.75, 3.05) is 6.54 Å². The molecule has 0 fully saturated rings. The Balaban J connectivity index is 1.70. The molecule has 6 heteroatoms. The predicted octanol–water partition coefficient (Wildman–Crippen LogP) is 2.84. The Bertz CT molecular complexity index is 851. The summed E-state index contributed by atoms with van der Waals surface area (Å²) in [5, 5.41) is 13.0. The zero-order chi connectivity index (χ0) is 17.3. The second kappa shape index (κ2) is 6.45. The lowest BCUT2D eigenvalue weighted by Crippen LogP contribution is -2.29. The highest BCUT2D eigenvalue weighted by atomic mass is 35.5. The van der Waals surface area contributed by atoms with Crippen molar-refractivity contribution in [3.63, 3.8) is 0 Å². The molecule has 24 heavy (non-hydrogen) atoms. The molecule has 122 valence electrons. The largest absolute Gasteiger partial charge is 0.506 e. The van der Waals surface area contributed by atoms with Gasteiger partial charge >= 0.3 is 0 Å². The Labute approximate surface area is 144 Å². The summed E-state index contributed by atoms with van der Waals surface area (Å²) in [6.07, 6.45) is 3.39. The Morgan fingerprint density at radius 1 is 1.29 bits per heavy atom. The zero-order valence-electron chi connectivity index (χ0n) is 13.0. The summed E-state index contributed by atoms with van der Waals surface area (Å²) in [7, 11) is 0. The van der Waals surface area contributed by atoms with Gasteiger partial charge in [-0.25, -0.2) is 0 Å². The average molecular weight is 343 g/mol. The number of Topliss-reactive ketones (excluding diaryl/α,β-unsaturated/α-hetero) is 1. The first-order chi connectivity index (χ1) is 11.5. The summed E-state index contributed by atoms with van der Waals surface area (Å²) >= 11 is 5.96. The van der Waals surface area contributed by atoms with Gasteiger partial charge in [-0.15, -0.1) is 0 Å². The number of fused-ring (bicyclic) bond motifs is 1. The summed E-state index contributed by atoms with van der Waals surface area (Å²) in [5.74, 6) is -0.444. The third-order valence-corrected chi connectivity index (χ3v) is 4.14. The van der Waals surface area contributed by atoms with E-state index in [2.05, 4.69) is 10.3 Å². The molecule has 0 bridgehead atoms. The molecular weight excluding hydrogens is 328 g/mol. The van der Waals surface area contributed by atoms with Crippen LogP contribution in [0.5, 0.6) is 5.75 Å². The minimum Gasteiger partial charge on any atom is -0.506 e. The Morgan fingerprint density at radius 2 is 2.08 bits per heavy atom. The number of aromatic nitrogens is 1. The Hall–Kier alpha value is -2.66. The van der Waals surface area contributed by atoms with Gasteiger partial charge in [0.05, 0.1) is 16.3 Å². The van der Waals surface area contributed by atoms with Crippen LogP contribution in [0, 0.1) is 6.92 Å². The second-order valence-corrected chi connectivity index (χ2v) is 5.98. The molecular formula is C18H15ClN2O3. The standard InChI is InChI=1S/C18H15ClN2O3/c1-10-7-11(8-13(19)17(10)23)4-6-20-14-9-15(22)12-3-2-5-21-16(12)18(14)24/h2-3,5,7-9,20,23H,4,6H2,1H3. The van der Waals surface area contributed by atoms with E-state index < -0.39 is 0 Å². The molecule has 0 aliphatic heterocycles. The molecule has 2 aromatic rings. The summed E-state index contributed by atoms with van der Waals surface area (Å²) in [6, 6.07) is 6.75. The molecule has 1 heterocycles. The van der Waals surface area contributed by atoms with Crippen molar-refractivity contribution in [1.82, 2.24) is 10.3 Å². The topological polar surface area (TPSA) is 79.3 Å². The van der Waals surface area contributed by atoms with Gasteiger partial charge in [-0.1, -0.05) is 17.7 Å². The van der Waals surface area contributed by atoms with Crippen molar-refractivity contribution in [2.45, 2.75) is 13.3 Å². The summed E-state index contributed by atoms with van der Waals surface area (Å²) in [4.78, 5) is 28.4. The minimum absolute atomic E-state index is 0.0758. The molecule has 2 N–H and O–H groups in total. The van der Waals surface area contributed by atoms with Crippen molar-refractivity contribution >= 4 is 23.2 Å². The SMILES string of the molecule is Cc1cc(CCNC2=CC(=O)c3cccnc3C2=O)cc(Cl)c1O. The number of nitrogens with one attached hydrogen (secondary N) is 1. The van der Waals surface area contributed by atoms with Gasteiger partial charge in [-0.05, 0) is 42.7 Å². The summed E-state index contributed by atoms with van der Waals surface area (Å²) < 4.78 is 0. The van der Waals surface area contributed by atoms with Crippen LogP contribution in [0.2, 0.25) is 5.02 Å². The number of aromatic hydroxyl groups is 1. The molecule has 0 atom stereocenters. The van der Waals surface area contributed by atoms with Crippen molar-refractivity contribution in [3.8, 4) is 5.75 Å². The van der Waals surface area contributed by atoms with E-state index in [-0.39, 0.29) is 28.7 Å². The number of aryl methyl sites for hydroxylation is 1. The van der Waals surface area contributed by atoms with E-state index in [1.54, 1.807) is 25.1 Å². The number of pyridine rings is 1. The maximum absolute atomic E-state index is 12.4. The van der Waals surface area contributed by atoms with Gasteiger partial charge in [-0.3, -0.25) is 14.6 Å². The zero-order valence-corrected chi connectivity index (χ0v) is 13.7. The molecule has 5 nitrogen and oxygen atoms in total. The maximum atomic E-state index is 12.4. The van der Waals surface area contributed by atoms with Crippen LogP contribution in [0.15, 0.2) is 42.2 Å². The number of carbonyl (C=O) groups excluding carboxylic acids is 2. The second-order valence-electron chi connectivity index (χ2n) is 5.57. The highest BCUT2D eigenvalue weighted by Crippen LogP contribution is 2.28. The molecule has 0 amide bonds. The van der Waals surface area contributed by atoms with Crippen LogP contribution in [-0.2, 0) is 6.42 Å². The number of allylic oxidation sites excluding steroid dienone is 2. The quantitative estimate of drug-likeness (QED) is 0.893. The fraction of sp³-hybridized carbons (Fsp3) is 0.167. The van der Waals surface area contributed by atoms with Crippen LogP contribution in [-0.4, -0.2) is 28.2 Å². The first-order valence-electron chi connectivity index (χ1n) is 7.45. The summed E-state index contributed by atoms with van der Waals surface area (Å²) in [5.41, 5.74) is 2.37. The lowest BCUT2D eigenvalue weighted by molar-refractivity contribution is 0.0974. The van der Waals surface area contributed by atoms with E-state index in [0.29, 0.717) is 29.1 Å². The van der Waals surface area contributed by atoms with Crippen molar-refractivity contribution < 1.29 is 14.7 Å². The van der Waals surface area contributed by atoms with Gasteiger partial charge in [0, 0.05) is 18.8 Å². The number of phenolic OH excluding ortho intramolecular Hbond substituents is 1.